The SMILES string of the molecule is CC(C)(C)OC(=O)CCSCCN. The Morgan fingerprint density at radius 2 is 2.00 bits per heavy atom. The van der Waals surface area contributed by atoms with Crippen molar-refractivity contribution in [2.75, 3.05) is 18.1 Å². The zero-order valence-electron chi connectivity index (χ0n) is 8.63. The lowest BCUT2D eigenvalue weighted by atomic mass is 10.2. The molecule has 0 atom stereocenters. The third-order valence-corrected chi connectivity index (χ3v) is 2.15. The van der Waals surface area contributed by atoms with E-state index in [9.17, 15) is 4.79 Å². The molecular formula is C9H19NO2S. The first-order valence-corrected chi connectivity index (χ1v) is 5.61. The Morgan fingerprint density at radius 1 is 1.38 bits per heavy atom. The molecule has 0 unspecified atom stereocenters. The van der Waals surface area contributed by atoms with Crippen molar-refractivity contribution in [2.45, 2.75) is 32.8 Å². The molecule has 3 nitrogen and oxygen atoms in total. The molecule has 0 aromatic heterocycles. The van der Waals surface area contributed by atoms with Crippen molar-refractivity contribution in [3.05, 3.63) is 0 Å². The van der Waals surface area contributed by atoms with E-state index < -0.39 is 0 Å². The molecule has 0 saturated carbocycles. The van der Waals surface area contributed by atoms with Crippen LogP contribution in [0.2, 0.25) is 0 Å². The molecule has 78 valence electrons. The maximum atomic E-state index is 11.2. The first kappa shape index (κ1) is 12.8. The van der Waals surface area contributed by atoms with E-state index in [1.807, 2.05) is 20.8 Å². The van der Waals surface area contributed by atoms with Crippen LogP contribution in [0.15, 0.2) is 0 Å². The van der Waals surface area contributed by atoms with Crippen molar-refractivity contribution in [3.63, 3.8) is 0 Å². The summed E-state index contributed by atoms with van der Waals surface area (Å²) in [6.45, 7) is 6.28. The normalized spacial score (nSPS) is 11.4. The van der Waals surface area contributed by atoms with E-state index in [-0.39, 0.29) is 11.6 Å². The summed E-state index contributed by atoms with van der Waals surface area (Å²) in [6.07, 6.45) is 0.474. The molecule has 0 aliphatic carbocycles. The summed E-state index contributed by atoms with van der Waals surface area (Å²) >= 11 is 1.68. The second-order valence-corrected chi connectivity index (χ2v) is 4.96. The van der Waals surface area contributed by atoms with Gasteiger partial charge in [-0.25, -0.2) is 0 Å². The van der Waals surface area contributed by atoms with Crippen LogP contribution in [0.3, 0.4) is 0 Å². The predicted molar refractivity (Wildman–Crippen MR) is 56.8 cm³/mol. The number of carbonyl (C=O) groups is 1. The number of hydrogen-bond donors (Lipinski definition) is 1. The topological polar surface area (TPSA) is 52.3 Å². The second-order valence-electron chi connectivity index (χ2n) is 3.74. The second kappa shape index (κ2) is 6.27. The largest absolute Gasteiger partial charge is 0.460 e. The Bertz CT molecular complexity index is 154. The summed E-state index contributed by atoms with van der Waals surface area (Å²) in [5, 5.41) is 0. The maximum Gasteiger partial charge on any atom is 0.307 e. The van der Waals surface area contributed by atoms with Gasteiger partial charge in [0.1, 0.15) is 5.60 Å². The lowest BCUT2D eigenvalue weighted by Gasteiger charge is -2.19. The van der Waals surface area contributed by atoms with E-state index in [1.165, 1.54) is 0 Å². The minimum atomic E-state index is -0.365. The van der Waals surface area contributed by atoms with Crippen LogP contribution in [0.1, 0.15) is 27.2 Å². The van der Waals surface area contributed by atoms with Gasteiger partial charge in [-0.15, -0.1) is 0 Å². The lowest BCUT2D eigenvalue weighted by molar-refractivity contribution is -0.154. The summed E-state index contributed by atoms with van der Waals surface area (Å²) in [4.78, 5) is 11.2. The fraction of sp³-hybridized carbons (Fsp3) is 0.889. The van der Waals surface area contributed by atoms with Crippen LogP contribution in [0.25, 0.3) is 0 Å². The highest BCUT2D eigenvalue weighted by atomic mass is 32.2. The summed E-state index contributed by atoms with van der Waals surface area (Å²) in [6, 6.07) is 0. The molecule has 4 heteroatoms. The molecule has 0 aromatic rings. The molecule has 0 heterocycles. The van der Waals surface area contributed by atoms with E-state index in [0.29, 0.717) is 13.0 Å². The highest BCUT2D eigenvalue weighted by Crippen LogP contribution is 2.10. The van der Waals surface area contributed by atoms with Crippen molar-refractivity contribution in [3.8, 4) is 0 Å². The van der Waals surface area contributed by atoms with Crippen LogP contribution in [0, 0.1) is 0 Å². The molecule has 0 aromatic carbocycles. The number of rotatable bonds is 5. The maximum absolute atomic E-state index is 11.2. The Balaban J connectivity index is 3.41. The molecule has 0 fully saturated rings. The molecule has 13 heavy (non-hydrogen) atoms. The monoisotopic (exact) mass is 205 g/mol. The van der Waals surface area contributed by atoms with Crippen LogP contribution < -0.4 is 5.73 Å². The van der Waals surface area contributed by atoms with E-state index in [2.05, 4.69) is 0 Å². The first-order chi connectivity index (χ1) is 5.95. The summed E-state index contributed by atoms with van der Waals surface area (Å²) in [5.41, 5.74) is 4.94. The van der Waals surface area contributed by atoms with Gasteiger partial charge in [0.15, 0.2) is 0 Å². The Morgan fingerprint density at radius 3 is 2.46 bits per heavy atom. The van der Waals surface area contributed by atoms with Crippen LogP contribution in [0.4, 0.5) is 0 Å². The fourth-order valence-corrected chi connectivity index (χ4v) is 1.42. The molecule has 0 rings (SSSR count). The molecular weight excluding hydrogens is 186 g/mol. The van der Waals surface area contributed by atoms with Gasteiger partial charge in [0.25, 0.3) is 0 Å². The van der Waals surface area contributed by atoms with Crippen LogP contribution in [-0.2, 0) is 9.53 Å². The lowest BCUT2D eigenvalue weighted by Crippen LogP contribution is -2.24. The molecule has 0 radical (unpaired) electrons. The highest BCUT2D eigenvalue weighted by molar-refractivity contribution is 7.99. The quantitative estimate of drug-likeness (QED) is 0.544. The van der Waals surface area contributed by atoms with Gasteiger partial charge in [-0.3, -0.25) is 4.79 Å². The summed E-state index contributed by atoms with van der Waals surface area (Å²) < 4.78 is 5.13. The van der Waals surface area contributed by atoms with Crippen LogP contribution in [0.5, 0.6) is 0 Å². The van der Waals surface area contributed by atoms with E-state index >= 15 is 0 Å². The smallest absolute Gasteiger partial charge is 0.307 e. The number of nitrogens with two attached hydrogens (primary N) is 1. The molecule has 2 N–H and O–H groups in total. The Kier molecular flexibility index (Phi) is 6.16. The molecule has 0 aliphatic heterocycles. The molecule has 0 aliphatic rings. The zero-order chi connectivity index (χ0) is 10.3. The van der Waals surface area contributed by atoms with Gasteiger partial charge in [0.05, 0.1) is 6.42 Å². The van der Waals surface area contributed by atoms with Crippen molar-refractivity contribution in [2.24, 2.45) is 5.73 Å². The minimum Gasteiger partial charge on any atom is -0.460 e. The number of ether oxygens (including phenoxy) is 1. The molecule has 0 spiro atoms. The van der Waals surface area contributed by atoms with Crippen molar-refractivity contribution >= 4 is 17.7 Å². The van der Waals surface area contributed by atoms with E-state index in [0.717, 1.165) is 11.5 Å². The average Bonchev–Trinajstić information content (AvgIpc) is 1.94. The van der Waals surface area contributed by atoms with Crippen molar-refractivity contribution in [1.29, 1.82) is 0 Å². The summed E-state index contributed by atoms with van der Waals surface area (Å²) in [5.74, 6) is 1.58. The fourth-order valence-electron chi connectivity index (χ4n) is 0.733. The van der Waals surface area contributed by atoms with Crippen LogP contribution in [-0.4, -0.2) is 29.6 Å². The summed E-state index contributed by atoms with van der Waals surface area (Å²) in [7, 11) is 0. The molecule has 0 saturated heterocycles. The molecule has 0 amide bonds. The number of esters is 1. The zero-order valence-corrected chi connectivity index (χ0v) is 9.45. The Hall–Kier alpha value is -0.220. The number of hydrogen-bond acceptors (Lipinski definition) is 4. The number of thioether (sulfide) groups is 1. The van der Waals surface area contributed by atoms with E-state index in [1.54, 1.807) is 11.8 Å². The van der Waals surface area contributed by atoms with Gasteiger partial charge in [-0.05, 0) is 20.8 Å². The standard InChI is InChI=1S/C9H19NO2S/c1-9(2,3)12-8(11)4-6-13-7-5-10/h4-7,10H2,1-3H3. The van der Waals surface area contributed by atoms with Gasteiger partial charge >= 0.3 is 5.97 Å². The minimum absolute atomic E-state index is 0.128. The van der Waals surface area contributed by atoms with Gasteiger partial charge < -0.3 is 10.5 Å². The van der Waals surface area contributed by atoms with Crippen molar-refractivity contribution in [1.82, 2.24) is 0 Å². The third-order valence-electron chi connectivity index (χ3n) is 1.13. The van der Waals surface area contributed by atoms with Gasteiger partial charge in [0, 0.05) is 18.1 Å². The van der Waals surface area contributed by atoms with E-state index in [4.69, 9.17) is 10.5 Å². The van der Waals surface area contributed by atoms with Gasteiger partial charge in [0.2, 0.25) is 0 Å². The first-order valence-electron chi connectivity index (χ1n) is 4.45. The van der Waals surface area contributed by atoms with Crippen molar-refractivity contribution < 1.29 is 9.53 Å². The highest BCUT2D eigenvalue weighted by Gasteiger charge is 2.15. The van der Waals surface area contributed by atoms with Gasteiger partial charge in [-0.1, -0.05) is 0 Å². The van der Waals surface area contributed by atoms with Gasteiger partial charge in [-0.2, -0.15) is 11.8 Å². The average molecular weight is 205 g/mol. The number of carbonyl (C=O) groups excluding carboxylic acids is 1. The predicted octanol–water partition coefficient (Wildman–Crippen LogP) is 1.41. The van der Waals surface area contributed by atoms with Crippen LogP contribution >= 0.6 is 11.8 Å². The Labute approximate surface area is 84.4 Å². The third kappa shape index (κ3) is 9.70. The molecule has 0 bridgehead atoms.